The van der Waals surface area contributed by atoms with E-state index in [1.807, 2.05) is 4.72 Å². The highest BCUT2D eigenvalue weighted by molar-refractivity contribution is 7.90. The largest absolute Gasteiger partial charge is 0.481 e. The Balaban J connectivity index is 1.90. The summed E-state index contributed by atoms with van der Waals surface area (Å²) in [5.74, 6) is 0.0284. The monoisotopic (exact) mass is 426 g/mol. The topological polar surface area (TPSA) is 137 Å². The van der Waals surface area contributed by atoms with Crippen LogP contribution in [-0.4, -0.2) is 48.4 Å². The Morgan fingerprint density at radius 1 is 1.18 bits per heavy atom. The van der Waals surface area contributed by atoms with Crippen LogP contribution >= 0.6 is 11.6 Å². The molecule has 28 heavy (non-hydrogen) atoms. The van der Waals surface area contributed by atoms with E-state index in [4.69, 9.17) is 21.1 Å². The average Bonchev–Trinajstić information content (AvgIpc) is 2.98. The lowest BCUT2D eigenvalue weighted by Crippen LogP contribution is -2.36. The summed E-state index contributed by atoms with van der Waals surface area (Å²) in [6, 6.07) is 5.08. The number of carbonyl (C=O) groups excluding carboxylic acids is 1. The molecule has 2 amide bonds. The molecule has 0 saturated carbocycles. The SMILES string of the molecule is COc1cc(OC)nc(NC(=O)NS(=O)(=O)c2c3c(Cl)cccc3nn2C)n1. The van der Waals surface area contributed by atoms with Gasteiger partial charge in [0.25, 0.3) is 10.0 Å². The van der Waals surface area contributed by atoms with Gasteiger partial charge in [-0.2, -0.15) is 23.5 Å². The minimum atomic E-state index is -4.31. The van der Waals surface area contributed by atoms with E-state index in [1.54, 1.807) is 12.1 Å². The second-order valence-corrected chi connectivity index (χ2v) is 7.40. The van der Waals surface area contributed by atoms with Crippen molar-refractivity contribution in [2.45, 2.75) is 5.03 Å². The van der Waals surface area contributed by atoms with E-state index in [9.17, 15) is 13.2 Å². The number of nitrogens with one attached hydrogen (secondary N) is 2. The molecule has 0 bridgehead atoms. The first kappa shape index (κ1) is 19.6. The minimum Gasteiger partial charge on any atom is -0.481 e. The molecule has 2 N–H and O–H groups in total. The fourth-order valence-electron chi connectivity index (χ4n) is 2.45. The molecule has 0 saturated heterocycles. The Bertz CT molecular complexity index is 1140. The van der Waals surface area contributed by atoms with Crippen molar-refractivity contribution in [2.75, 3.05) is 19.5 Å². The highest BCUT2D eigenvalue weighted by atomic mass is 35.5. The van der Waals surface area contributed by atoms with E-state index in [2.05, 4.69) is 20.4 Å². The lowest BCUT2D eigenvalue weighted by molar-refractivity contribution is 0.256. The molecule has 0 radical (unpaired) electrons. The van der Waals surface area contributed by atoms with E-state index in [1.165, 1.54) is 33.4 Å². The van der Waals surface area contributed by atoms with Gasteiger partial charge in [-0.3, -0.25) is 10.00 Å². The number of methoxy groups -OCH3 is 2. The van der Waals surface area contributed by atoms with Crippen molar-refractivity contribution in [3.63, 3.8) is 0 Å². The number of nitrogens with zero attached hydrogens (tertiary/aromatic N) is 4. The van der Waals surface area contributed by atoms with E-state index in [-0.39, 0.29) is 33.1 Å². The molecule has 0 unspecified atom stereocenters. The van der Waals surface area contributed by atoms with Gasteiger partial charge in [0.1, 0.15) is 0 Å². The molecular formula is C15H15ClN6O5S. The van der Waals surface area contributed by atoms with Gasteiger partial charge in [-0.1, -0.05) is 17.7 Å². The summed E-state index contributed by atoms with van der Waals surface area (Å²) in [5, 5.41) is 6.45. The van der Waals surface area contributed by atoms with E-state index in [0.717, 1.165) is 4.68 Å². The molecular weight excluding hydrogens is 412 g/mol. The summed E-state index contributed by atoms with van der Waals surface area (Å²) in [6.07, 6.45) is 0. The zero-order valence-electron chi connectivity index (χ0n) is 14.9. The van der Waals surface area contributed by atoms with Crippen molar-refractivity contribution in [2.24, 2.45) is 7.05 Å². The number of hydrogen-bond donors (Lipinski definition) is 2. The first-order valence-corrected chi connectivity index (χ1v) is 9.53. The van der Waals surface area contributed by atoms with Gasteiger partial charge in [0.15, 0.2) is 5.03 Å². The first-order chi connectivity index (χ1) is 13.2. The van der Waals surface area contributed by atoms with Gasteiger partial charge in [0.05, 0.1) is 36.2 Å². The molecule has 3 aromatic rings. The van der Waals surface area contributed by atoms with Crippen LogP contribution < -0.4 is 19.5 Å². The number of ether oxygens (including phenoxy) is 2. The number of anilines is 1. The molecule has 0 aliphatic heterocycles. The third kappa shape index (κ3) is 3.77. The smallest absolute Gasteiger partial charge is 0.335 e. The molecule has 0 atom stereocenters. The van der Waals surface area contributed by atoms with Gasteiger partial charge in [0, 0.05) is 7.05 Å². The maximum Gasteiger partial charge on any atom is 0.335 e. The summed E-state index contributed by atoms with van der Waals surface area (Å²) in [6.45, 7) is 0. The number of amides is 2. The van der Waals surface area contributed by atoms with Crippen LogP contribution in [0.3, 0.4) is 0 Å². The summed E-state index contributed by atoms with van der Waals surface area (Å²) in [7, 11) is -0.145. The second-order valence-electron chi connectivity index (χ2n) is 5.40. The molecule has 13 heteroatoms. The van der Waals surface area contributed by atoms with Crippen LogP contribution in [0.2, 0.25) is 5.02 Å². The maximum atomic E-state index is 12.7. The Kier molecular flexibility index (Phi) is 5.25. The zero-order chi connectivity index (χ0) is 20.5. The summed E-state index contributed by atoms with van der Waals surface area (Å²) in [5.41, 5.74) is 0.372. The molecule has 0 aliphatic carbocycles. The Morgan fingerprint density at radius 2 is 1.82 bits per heavy atom. The molecule has 3 rings (SSSR count). The molecule has 1 aromatic carbocycles. The number of benzene rings is 1. The first-order valence-electron chi connectivity index (χ1n) is 7.67. The van der Waals surface area contributed by atoms with Crippen molar-refractivity contribution in [1.82, 2.24) is 24.5 Å². The normalized spacial score (nSPS) is 11.3. The van der Waals surface area contributed by atoms with Crippen LogP contribution in [-0.2, 0) is 17.1 Å². The predicted octanol–water partition coefficient (Wildman–Crippen LogP) is 1.54. The second kappa shape index (κ2) is 7.48. The van der Waals surface area contributed by atoms with Crippen LogP contribution in [0.25, 0.3) is 10.9 Å². The molecule has 0 spiro atoms. The van der Waals surface area contributed by atoms with Crippen LogP contribution in [0.4, 0.5) is 10.7 Å². The number of urea groups is 1. The molecule has 2 heterocycles. The van der Waals surface area contributed by atoms with Gasteiger partial charge in [0.2, 0.25) is 17.7 Å². The molecule has 0 fully saturated rings. The van der Waals surface area contributed by atoms with Crippen molar-refractivity contribution < 1.29 is 22.7 Å². The summed E-state index contributed by atoms with van der Waals surface area (Å²) < 4.78 is 38.4. The van der Waals surface area contributed by atoms with Gasteiger partial charge in [-0.05, 0) is 12.1 Å². The average molecular weight is 427 g/mol. The highest BCUT2D eigenvalue weighted by Gasteiger charge is 2.27. The zero-order valence-corrected chi connectivity index (χ0v) is 16.5. The Labute approximate surface area is 164 Å². The molecule has 0 aliphatic rings. The third-order valence-corrected chi connectivity index (χ3v) is 5.31. The number of sulfonamides is 1. The maximum absolute atomic E-state index is 12.7. The van der Waals surface area contributed by atoms with Crippen molar-refractivity contribution >= 4 is 44.5 Å². The number of halogens is 1. The fourth-order valence-corrected chi connectivity index (χ4v) is 4.03. The van der Waals surface area contributed by atoms with Crippen molar-refractivity contribution in [3.05, 3.63) is 29.3 Å². The number of aromatic nitrogens is 4. The quantitative estimate of drug-likeness (QED) is 0.626. The number of rotatable bonds is 5. The standard InChI is InChI=1S/C15H15ClN6O5S/c1-22-13(12-8(16)5-4-6-9(12)20-22)28(24,25)21-15(23)19-14-17-10(26-2)7-11(18-14)27-3/h4-7H,1-3H3,(H2,17,18,19,21,23). The molecule has 148 valence electrons. The van der Waals surface area contributed by atoms with Crippen LogP contribution in [0.1, 0.15) is 0 Å². The Hall–Kier alpha value is -3.12. The van der Waals surface area contributed by atoms with Gasteiger partial charge in [-0.15, -0.1) is 0 Å². The summed E-state index contributed by atoms with van der Waals surface area (Å²) >= 11 is 6.12. The van der Waals surface area contributed by atoms with E-state index < -0.39 is 16.1 Å². The molecule has 2 aromatic heterocycles. The predicted molar refractivity (Wildman–Crippen MR) is 100 cm³/mol. The van der Waals surface area contributed by atoms with Crippen LogP contribution in [0, 0.1) is 0 Å². The van der Waals surface area contributed by atoms with Crippen molar-refractivity contribution in [1.29, 1.82) is 0 Å². The minimum absolute atomic E-state index is 0.120. The fraction of sp³-hybridized carbons (Fsp3) is 0.200. The van der Waals surface area contributed by atoms with Gasteiger partial charge < -0.3 is 9.47 Å². The number of fused-ring (bicyclic) bond motifs is 1. The van der Waals surface area contributed by atoms with Crippen molar-refractivity contribution in [3.8, 4) is 11.8 Å². The van der Waals surface area contributed by atoms with Crippen LogP contribution in [0.15, 0.2) is 29.3 Å². The lowest BCUT2D eigenvalue weighted by atomic mass is 10.3. The van der Waals surface area contributed by atoms with E-state index >= 15 is 0 Å². The third-order valence-electron chi connectivity index (χ3n) is 3.56. The molecule has 11 nitrogen and oxygen atoms in total. The van der Waals surface area contributed by atoms with E-state index in [0.29, 0.717) is 5.52 Å². The highest BCUT2D eigenvalue weighted by Crippen LogP contribution is 2.29. The van der Waals surface area contributed by atoms with Gasteiger partial charge in [-0.25, -0.2) is 9.52 Å². The lowest BCUT2D eigenvalue weighted by Gasteiger charge is -2.10. The summed E-state index contributed by atoms with van der Waals surface area (Å²) in [4.78, 5) is 20.0. The number of hydrogen-bond acceptors (Lipinski definition) is 8. The van der Waals surface area contributed by atoms with Crippen LogP contribution in [0.5, 0.6) is 11.8 Å². The number of aryl methyl sites for hydroxylation is 1. The Morgan fingerprint density at radius 3 is 2.43 bits per heavy atom. The number of carbonyl (C=O) groups is 1. The van der Waals surface area contributed by atoms with Gasteiger partial charge >= 0.3 is 6.03 Å².